The number of aryl methyl sites for hydroxylation is 2. The summed E-state index contributed by atoms with van der Waals surface area (Å²) in [5.41, 5.74) is 6.01. The third-order valence-corrected chi connectivity index (χ3v) is 7.92. The summed E-state index contributed by atoms with van der Waals surface area (Å²) < 4.78 is 1.53. The summed E-state index contributed by atoms with van der Waals surface area (Å²) in [4.78, 5) is 48.0. The van der Waals surface area contributed by atoms with Gasteiger partial charge in [0.15, 0.2) is 5.78 Å². The lowest BCUT2D eigenvalue weighted by atomic mass is 9.96. The van der Waals surface area contributed by atoms with Crippen molar-refractivity contribution in [1.29, 1.82) is 0 Å². The molecule has 0 saturated carbocycles. The van der Waals surface area contributed by atoms with Gasteiger partial charge in [0.1, 0.15) is 11.6 Å². The Morgan fingerprint density at radius 3 is 2.30 bits per heavy atom. The lowest BCUT2D eigenvalue weighted by Crippen LogP contribution is -2.44. The number of aliphatic imine (C=N–C) groups is 1. The first-order chi connectivity index (χ1) is 20.7. The topological polar surface area (TPSA) is 112 Å². The van der Waals surface area contributed by atoms with Crippen LogP contribution < -0.4 is 15.5 Å². The van der Waals surface area contributed by atoms with Gasteiger partial charge in [-0.25, -0.2) is 0 Å². The molecule has 0 aliphatic carbocycles. The number of likely N-dealkylation sites (N-methyl/N-ethyl adjacent to an activating group) is 1. The summed E-state index contributed by atoms with van der Waals surface area (Å²) in [7, 11) is 3.85. The fourth-order valence-electron chi connectivity index (χ4n) is 5.44. The van der Waals surface area contributed by atoms with Gasteiger partial charge in [-0.05, 0) is 92.3 Å². The second-order valence-electron chi connectivity index (χ2n) is 11.0. The monoisotopic (exact) mass is 575 g/mol. The largest absolute Gasteiger partial charge is 0.369 e. The van der Waals surface area contributed by atoms with Gasteiger partial charge in [0.25, 0.3) is 5.91 Å². The number of hydrogen-bond donors (Lipinski definition) is 2. The summed E-state index contributed by atoms with van der Waals surface area (Å²) in [6.45, 7) is 5.88. The number of nitrogens with zero attached hydrogens (tertiary/aromatic N) is 5. The minimum atomic E-state index is -0.603. The first kappa shape index (κ1) is 28.0. The normalized spacial score (nSPS) is 16.8. The number of hydrogen-bond acceptors (Lipinski definition) is 7. The zero-order chi connectivity index (χ0) is 30.1. The van der Waals surface area contributed by atoms with Gasteiger partial charge in [-0.2, -0.15) is 5.10 Å². The molecular weight excluding hydrogens is 542 g/mol. The van der Waals surface area contributed by atoms with E-state index in [1.807, 2.05) is 19.1 Å². The lowest BCUT2D eigenvalue weighted by molar-refractivity contribution is -0.115. The maximum atomic E-state index is 13.4. The van der Waals surface area contributed by atoms with Crippen LogP contribution in [0.2, 0.25) is 0 Å². The highest BCUT2D eigenvalue weighted by Crippen LogP contribution is 2.33. The minimum absolute atomic E-state index is 0.180. The highest BCUT2D eigenvalue weighted by molar-refractivity contribution is 6.15. The molecule has 218 valence electrons. The van der Waals surface area contributed by atoms with Crippen molar-refractivity contribution in [2.45, 2.75) is 12.8 Å². The zero-order valence-corrected chi connectivity index (χ0v) is 24.4. The van der Waals surface area contributed by atoms with E-state index in [9.17, 15) is 14.4 Å². The Hall–Kier alpha value is -5.09. The molecule has 0 bridgehead atoms. The van der Waals surface area contributed by atoms with E-state index in [0.29, 0.717) is 33.8 Å². The molecule has 0 radical (unpaired) electrons. The molecule has 2 aliphatic heterocycles. The van der Waals surface area contributed by atoms with E-state index in [-0.39, 0.29) is 17.6 Å². The molecule has 1 fully saturated rings. The van der Waals surface area contributed by atoms with Crippen LogP contribution in [-0.4, -0.2) is 71.7 Å². The zero-order valence-electron chi connectivity index (χ0n) is 24.4. The number of amides is 2. The molecule has 10 nitrogen and oxygen atoms in total. The van der Waals surface area contributed by atoms with Crippen LogP contribution in [0.5, 0.6) is 0 Å². The molecule has 2 aliphatic rings. The van der Waals surface area contributed by atoms with E-state index in [4.69, 9.17) is 0 Å². The van der Waals surface area contributed by atoms with Gasteiger partial charge in [0.05, 0.1) is 11.4 Å². The highest BCUT2D eigenvalue weighted by atomic mass is 16.2. The Labute approximate surface area is 250 Å². The molecule has 0 spiro atoms. The summed E-state index contributed by atoms with van der Waals surface area (Å²) in [5.74, 6) is -1.25. The van der Waals surface area contributed by atoms with E-state index in [1.165, 1.54) is 4.68 Å². The van der Waals surface area contributed by atoms with Crippen LogP contribution in [0.3, 0.4) is 0 Å². The highest BCUT2D eigenvalue weighted by Gasteiger charge is 2.30. The summed E-state index contributed by atoms with van der Waals surface area (Å²) in [6.07, 6.45) is 1.64. The van der Waals surface area contributed by atoms with Crippen molar-refractivity contribution in [3.8, 4) is 0 Å². The van der Waals surface area contributed by atoms with Gasteiger partial charge in [-0.15, -0.1) is 0 Å². The van der Waals surface area contributed by atoms with Crippen molar-refractivity contribution < 1.29 is 14.4 Å². The van der Waals surface area contributed by atoms with Gasteiger partial charge < -0.3 is 20.4 Å². The third kappa shape index (κ3) is 5.96. The smallest absolute Gasteiger partial charge is 0.273 e. The molecule has 43 heavy (non-hydrogen) atoms. The quantitative estimate of drug-likeness (QED) is 0.250. The molecule has 1 unspecified atom stereocenters. The van der Waals surface area contributed by atoms with Crippen LogP contribution in [-0.2, 0) is 11.8 Å². The van der Waals surface area contributed by atoms with Gasteiger partial charge in [-0.3, -0.25) is 24.1 Å². The Morgan fingerprint density at radius 2 is 1.63 bits per heavy atom. The van der Waals surface area contributed by atoms with Crippen LogP contribution in [0.4, 0.5) is 22.7 Å². The summed E-state index contributed by atoms with van der Waals surface area (Å²) in [6, 6.07) is 21.7. The van der Waals surface area contributed by atoms with Crippen LogP contribution in [0, 0.1) is 6.92 Å². The Bertz CT molecular complexity index is 1720. The number of anilines is 3. The molecular formula is C33H33N7O3. The van der Waals surface area contributed by atoms with Crippen LogP contribution in [0.1, 0.15) is 43.6 Å². The number of ketones is 1. The second kappa shape index (κ2) is 11.7. The van der Waals surface area contributed by atoms with Crippen LogP contribution in [0.25, 0.3) is 0 Å². The molecule has 3 aromatic carbocycles. The second-order valence-corrected chi connectivity index (χ2v) is 11.0. The molecule has 2 N–H and O–H groups in total. The Kier molecular flexibility index (Phi) is 7.60. The number of benzene rings is 3. The van der Waals surface area contributed by atoms with Gasteiger partial charge in [-0.1, -0.05) is 0 Å². The average Bonchev–Trinajstić information content (AvgIpc) is 3.52. The van der Waals surface area contributed by atoms with Crippen LogP contribution in [0.15, 0.2) is 77.8 Å². The van der Waals surface area contributed by atoms with Gasteiger partial charge in [0, 0.05) is 67.6 Å². The minimum Gasteiger partial charge on any atom is -0.369 e. The standard InChI is InChI=1S/C33H33N7O3/c1-21-18-30(39(3)37-21)33(43)35-25-7-4-22(5-8-25)31(41)23-6-13-29-27(19-23)28(32(42)36-29)20-34-24-9-11-26(12-10-24)40-16-14-38(2)15-17-40/h4-13,18-20,28H,14-17H2,1-3H3,(H,35,43)(H,36,42). The predicted molar refractivity (Wildman–Crippen MR) is 168 cm³/mol. The molecule has 3 heterocycles. The van der Waals surface area contributed by atoms with Crippen LogP contribution >= 0.6 is 0 Å². The average molecular weight is 576 g/mol. The number of carbonyl (C=O) groups is 3. The molecule has 10 heteroatoms. The van der Waals surface area contributed by atoms with Gasteiger partial charge in [0.2, 0.25) is 5.91 Å². The Morgan fingerprint density at radius 1 is 0.930 bits per heavy atom. The van der Waals surface area contributed by atoms with Crippen molar-refractivity contribution in [1.82, 2.24) is 14.7 Å². The van der Waals surface area contributed by atoms with E-state index >= 15 is 0 Å². The number of carbonyl (C=O) groups excluding carboxylic acids is 3. The van der Waals surface area contributed by atoms with Crippen molar-refractivity contribution >= 4 is 46.6 Å². The first-order valence-electron chi connectivity index (χ1n) is 14.2. The van der Waals surface area contributed by atoms with E-state index in [2.05, 4.69) is 49.7 Å². The fourth-order valence-corrected chi connectivity index (χ4v) is 5.44. The number of aromatic nitrogens is 2. The molecule has 1 atom stereocenters. The molecule has 1 aromatic heterocycles. The van der Waals surface area contributed by atoms with Crippen molar-refractivity contribution in [2.75, 3.05) is 48.8 Å². The van der Waals surface area contributed by atoms with E-state index < -0.39 is 5.92 Å². The number of fused-ring (bicyclic) bond motifs is 1. The lowest BCUT2D eigenvalue weighted by Gasteiger charge is -2.34. The summed E-state index contributed by atoms with van der Waals surface area (Å²) >= 11 is 0. The molecule has 1 saturated heterocycles. The van der Waals surface area contributed by atoms with Crippen molar-refractivity contribution in [3.05, 3.63) is 101 Å². The molecule has 4 aromatic rings. The maximum Gasteiger partial charge on any atom is 0.273 e. The first-order valence-corrected chi connectivity index (χ1v) is 14.2. The summed E-state index contributed by atoms with van der Waals surface area (Å²) in [5, 5.41) is 9.93. The van der Waals surface area contributed by atoms with E-state index in [0.717, 1.165) is 43.2 Å². The maximum absolute atomic E-state index is 13.4. The number of nitrogens with one attached hydrogen (secondary N) is 2. The Balaban J connectivity index is 1.14. The van der Waals surface area contributed by atoms with Crippen molar-refractivity contribution in [3.63, 3.8) is 0 Å². The fraction of sp³-hybridized carbons (Fsp3) is 0.242. The third-order valence-electron chi connectivity index (χ3n) is 7.92. The SMILES string of the molecule is Cc1cc(C(=O)Nc2ccc(C(=O)c3ccc4c(c3)C(C=Nc3ccc(N5CCN(C)CC5)cc3)C(=O)N4)cc2)n(C)n1. The van der Waals surface area contributed by atoms with Gasteiger partial charge >= 0.3 is 0 Å². The van der Waals surface area contributed by atoms with Crippen molar-refractivity contribution in [2.24, 2.45) is 12.0 Å². The molecule has 2 amide bonds. The molecule has 6 rings (SSSR count). The van der Waals surface area contributed by atoms with E-state index in [1.54, 1.807) is 61.8 Å². The number of piperazine rings is 1. The number of rotatable bonds is 7. The predicted octanol–water partition coefficient (Wildman–Crippen LogP) is 4.40.